The lowest BCUT2D eigenvalue weighted by atomic mass is 9.95. The van der Waals surface area contributed by atoms with Gasteiger partial charge in [0.05, 0.1) is 11.1 Å². The Labute approximate surface area is 287 Å². The highest BCUT2D eigenvalue weighted by atomic mass is 32.1. The number of carbonyl (C=O) groups excluding carboxylic acids is 2. The van der Waals surface area contributed by atoms with Crippen LogP contribution in [0.25, 0.3) is 0 Å². The number of carboxylic acid groups (broad SMARTS) is 1. The Morgan fingerprint density at radius 1 is 0.837 bits per heavy atom. The number of hydrogen-bond donors (Lipinski definition) is 4. The number of aryl methyl sites for hydroxylation is 2. The number of nitrogens with zero attached hydrogens (tertiary/aromatic N) is 1. The predicted octanol–water partition coefficient (Wildman–Crippen LogP) is 6.83. The van der Waals surface area contributed by atoms with E-state index in [9.17, 15) is 14.4 Å². The van der Waals surface area contributed by atoms with Crippen LogP contribution < -0.4 is 16.0 Å². The van der Waals surface area contributed by atoms with Gasteiger partial charge < -0.3 is 21.1 Å². The summed E-state index contributed by atoms with van der Waals surface area (Å²) < 4.78 is 30.4. The molecule has 0 spiro atoms. The number of anilines is 2. The Morgan fingerprint density at radius 2 is 1.55 bits per heavy atom. The number of rotatable bonds is 10. The highest BCUT2D eigenvalue weighted by molar-refractivity contribution is 7.17. The van der Waals surface area contributed by atoms with Gasteiger partial charge in [-0.1, -0.05) is 24.3 Å². The highest BCUT2D eigenvalue weighted by Crippen LogP contribution is 2.39. The van der Waals surface area contributed by atoms with Crippen molar-refractivity contribution >= 4 is 39.8 Å². The molecular formula is C38H38F2N4O4S. The van der Waals surface area contributed by atoms with Crippen molar-refractivity contribution in [1.29, 1.82) is 0 Å². The summed E-state index contributed by atoms with van der Waals surface area (Å²) in [5, 5.41) is 18.8. The molecule has 11 heteroatoms. The van der Waals surface area contributed by atoms with Gasteiger partial charge in [-0.15, -0.1) is 11.3 Å². The van der Waals surface area contributed by atoms with E-state index in [0.29, 0.717) is 41.1 Å². The van der Waals surface area contributed by atoms with Crippen LogP contribution in [0, 0.1) is 11.6 Å². The summed E-state index contributed by atoms with van der Waals surface area (Å²) in [5.74, 6) is -3.45. The first-order valence-electron chi connectivity index (χ1n) is 16.8. The molecule has 254 valence electrons. The first-order chi connectivity index (χ1) is 23.7. The summed E-state index contributed by atoms with van der Waals surface area (Å²) in [6.07, 6.45) is 6.15. The standard InChI is InChI=1S/C38H38F2N4O4S/c39-31-17-28(18-32(40)29(31)15-10-22-8-11-24(12-9-22)38(47)48)42-36(46)34-30-6-1-2-7-33(30)49-37(34)43-35(45)25-5-3-4-23(16-25)19-44-20-26-13-14-27(21-44)41-26/h3-5,8-9,11-12,16-18,26-27,41H,1-2,6-7,10,13-15,19-21H2,(H,42,46)(H,43,45)(H,47,48). The minimum absolute atomic E-state index is 0.0170. The molecule has 0 saturated carbocycles. The fourth-order valence-electron chi connectivity index (χ4n) is 7.35. The lowest BCUT2D eigenvalue weighted by Gasteiger charge is -2.32. The summed E-state index contributed by atoms with van der Waals surface area (Å²) >= 11 is 1.39. The van der Waals surface area contributed by atoms with Crippen molar-refractivity contribution in [3.63, 3.8) is 0 Å². The van der Waals surface area contributed by atoms with Gasteiger partial charge in [0.1, 0.15) is 16.6 Å². The average molecular weight is 685 g/mol. The Kier molecular flexibility index (Phi) is 9.57. The Hall–Kier alpha value is -4.45. The van der Waals surface area contributed by atoms with Crippen molar-refractivity contribution in [3.05, 3.63) is 116 Å². The molecule has 1 aliphatic carbocycles. The third-order valence-electron chi connectivity index (χ3n) is 9.78. The second-order valence-corrected chi connectivity index (χ2v) is 14.4. The second-order valence-electron chi connectivity index (χ2n) is 13.3. The zero-order chi connectivity index (χ0) is 34.1. The maximum absolute atomic E-state index is 15.2. The number of hydrogen-bond acceptors (Lipinski definition) is 6. The molecule has 2 aliphatic heterocycles. The summed E-state index contributed by atoms with van der Waals surface area (Å²) in [6.45, 7) is 2.75. The molecule has 2 amide bonds. The lowest BCUT2D eigenvalue weighted by Crippen LogP contribution is -2.50. The van der Waals surface area contributed by atoms with Crippen molar-refractivity contribution in [1.82, 2.24) is 10.2 Å². The zero-order valence-electron chi connectivity index (χ0n) is 27.0. The van der Waals surface area contributed by atoms with Crippen molar-refractivity contribution < 1.29 is 28.3 Å². The van der Waals surface area contributed by atoms with Gasteiger partial charge in [0.2, 0.25) is 0 Å². The fourth-order valence-corrected chi connectivity index (χ4v) is 8.63. The number of aromatic carboxylic acids is 1. The molecule has 2 unspecified atom stereocenters. The molecule has 49 heavy (non-hydrogen) atoms. The van der Waals surface area contributed by atoms with Crippen LogP contribution in [0.1, 0.15) is 83.9 Å². The van der Waals surface area contributed by atoms with Crippen molar-refractivity contribution in [2.24, 2.45) is 0 Å². The summed E-state index contributed by atoms with van der Waals surface area (Å²) in [4.78, 5) is 41.9. The first kappa shape index (κ1) is 33.1. The molecule has 2 fully saturated rings. The van der Waals surface area contributed by atoms with E-state index in [1.807, 2.05) is 18.2 Å². The number of nitrogens with one attached hydrogen (secondary N) is 3. The number of fused-ring (bicyclic) bond motifs is 3. The number of likely N-dealkylation sites (tertiary alicyclic amines) is 1. The number of piperazine rings is 1. The minimum Gasteiger partial charge on any atom is -0.478 e. The zero-order valence-corrected chi connectivity index (χ0v) is 27.8. The van der Waals surface area contributed by atoms with Gasteiger partial charge in [-0.05, 0) is 104 Å². The molecule has 7 rings (SSSR count). The third-order valence-corrected chi connectivity index (χ3v) is 11.0. The lowest BCUT2D eigenvalue weighted by molar-refractivity contribution is 0.0696. The maximum Gasteiger partial charge on any atom is 0.335 e. The number of carbonyl (C=O) groups is 3. The van der Waals surface area contributed by atoms with E-state index in [-0.39, 0.29) is 29.1 Å². The molecule has 1 aromatic heterocycles. The van der Waals surface area contributed by atoms with Gasteiger partial charge in [0.25, 0.3) is 11.8 Å². The normalized spacial score (nSPS) is 18.6. The fraction of sp³-hybridized carbons (Fsp3) is 0.342. The molecule has 0 radical (unpaired) electrons. The van der Waals surface area contributed by atoms with Crippen LogP contribution in [0.15, 0.2) is 60.7 Å². The van der Waals surface area contributed by atoms with Gasteiger partial charge in [-0.3, -0.25) is 14.5 Å². The molecule has 4 aromatic rings. The van der Waals surface area contributed by atoms with Gasteiger partial charge in [0, 0.05) is 53.4 Å². The van der Waals surface area contributed by atoms with E-state index < -0.39 is 23.5 Å². The van der Waals surface area contributed by atoms with E-state index in [4.69, 9.17) is 5.11 Å². The van der Waals surface area contributed by atoms with Gasteiger partial charge in [-0.25, -0.2) is 13.6 Å². The maximum atomic E-state index is 15.2. The number of benzene rings is 3. The van der Waals surface area contributed by atoms with E-state index in [2.05, 4.69) is 20.9 Å². The third kappa shape index (κ3) is 7.44. The molecule has 4 N–H and O–H groups in total. The van der Waals surface area contributed by atoms with Crippen LogP contribution in [0.3, 0.4) is 0 Å². The van der Waals surface area contributed by atoms with Crippen LogP contribution in [0.2, 0.25) is 0 Å². The number of amides is 2. The molecule has 2 atom stereocenters. The molecule has 2 saturated heterocycles. The van der Waals surface area contributed by atoms with Crippen LogP contribution in [0.5, 0.6) is 0 Å². The molecule has 3 heterocycles. The average Bonchev–Trinajstić information content (AvgIpc) is 3.62. The predicted molar refractivity (Wildman–Crippen MR) is 186 cm³/mol. The van der Waals surface area contributed by atoms with Gasteiger partial charge in [0.15, 0.2) is 0 Å². The minimum atomic E-state index is -1.04. The van der Waals surface area contributed by atoms with Crippen LogP contribution in [-0.4, -0.2) is 53.0 Å². The van der Waals surface area contributed by atoms with Crippen LogP contribution in [-0.2, 0) is 32.2 Å². The van der Waals surface area contributed by atoms with Crippen molar-refractivity contribution in [3.8, 4) is 0 Å². The highest BCUT2D eigenvalue weighted by Gasteiger charge is 2.32. The molecule has 3 aromatic carbocycles. The van der Waals surface area contributed by atoms with Crippen LogP contribution >= 0.6 is 11.3 Å². The van der Waals surface area contributed by atoms with E-state index in [1.54, 1.807) is 18.2 Å². The molecule has 8 nitrogen and oxygen atoms in total. The molecular weight excluding hydrogens is 647 g/mol. The summed E-state index contributed by atoms with van der Waals surface area (Å²) in [6, 6.07) is 17.0. The summed E-state index contributed by atoms with van der Waals surface area (Å²) in [7, 11) is 0. The second kappa shape index (κ2) is 14.2. The smallest absolute Gasteiger partial charge is 0.335 e. The van der Waals surface area contributed by atoms with Crippen molar-refractivity contribution in [2.75, 3.05) is 23.7 Å². The SMILES string of the molecule is O=C(O)c1ccc(CCc2c(F)cc(NC(=O)c3c(NC(=O)c4cccc(CN5CC6CCC(C5)N6)c4)sc4c3CCCC4)cc2F)cc1. The quantitative estimate of drug-likeness (QED) is 0.146. The molecule has 2 bridgehead atoms. The van der Waals surface area contributed by atoms with E-state index >= 15 is 8.78 Å². The number of halogens is 2. The Morgan fingerprint density at radius 3 is 2.27 bits per heavy atom. The Bertz CT molecular complexity index is 1880. The van der Waals surface area contributed by atoms with Crippen molar-refractivity contribution in [2.45, 2.75) is 70.0 Å². The molecule has 3 aliphatic rings. The first-order valence-corrected chi connectivity index (χ1v) is 17.7. The van der Waals surface area contributed by atoms with E-state index in [1.165, 1.54) is 36.3 Å². The van der Waals surface area contributed by atoms with Gasteiger partial charge in [-0.2, -0.15) is 0 Å². The number of thiophene rings is 1. The van der Waals surface area contributed by atoms with Crippen LogP contribution in [0.4, 0.5) is 19.5 Å². The largest absolute Gasteiger partial charge is 0.478 e. The Balaban J connectivity index is 1.05. The number of carboxylic acids is 1. The van der Waals surface area contributed by atoms with E-state index in [0.717, 1.165) is 72.6 Å². The monoisotopic (exact) mass is 684 g/mol. The van der Waals surface area contributed by atoms with Gasteiger partial charge >= 0.3 is 5.97 Å². The topological polar surface area (TPSA) is 111 Å². The summed E-state index contributed by atoms with van der Waals surface area (Å²) in [5.41, 5.74) is 3.53.